The molecule has 1 aromatic carbocycles. The molecule has 5 heteroatoms. The summed E-state index contributed by atoms with van der Waals surface area (Å²) in [6.07, 6.45) is 0.627. The Bertz CT molecular complexity index is 675. The van der Waals surface area contributed by atoms with E-state index < -0.39 is 0 Å². The number of likely N-dealkylation sites (N-methyl/N-ethyl adjacent to an activating group) is 1. The van der Waals surface area contributed by atoms with Gasteiger partial charge in [0.25, 0.3) is 0 Å². The highest BCUT2D eigenvalue weighted by Gasteiger charge is 2.22. The van der Waals surface area contributed by atoms with E-state index in [0.29, 0.717) is 13.0 Å². The van der Waals surface area contributed by atoms with Crippen LogP contribution >= 0.6 is 0 Å². The van der Waals surface area contributed by atoms with Crippen molar-refractivity contribution in [2.24, 2.45) is 0 Å². The maximum absolute atomic E-state index is 12.6. The number of hydrogen-bond donors (Lipinski definition) is 1. The third kappa shape index (κ3) is 4.86. The number of carbonyl (C=O) groups excluding carboxylic acids is 1. The number of aromatic nitrogens is 2. The molecule has 1 atom stereocenters. The molecule has 1 amide bonds. The van der Waals surface area contributed by atoms with Gasteiger partial charge in [-0.25, -0.2) is 9.97 Å². The molecular formula is C19H26N4O. The zero-order valence-electron chi connectivity index (χ0n) is 15.1. The Morgan fingerprint density at radius 3 is 2.21 bits per heavy atom. The minimum absolute atomic E-state index is 0.00627. The first kappa shape index (κ1) is 18.1. The highest BCUT2D eigenvalue weighted by atomic mass is 16.2. The Hall–Kier alpha value is -2.27. The van der Waals surface area contributed by atoms with E-state index in [1.165, 1.54) is 5.56 Å². The zero-order chi connectivity index (χ0) is 17.7. The predicted octanol–water partition coefficient (Wildman–Crippen LogP) is 2.36. The molecule has 0 aliphatic heterocycles. The first-order valence-corrected chi connectivity index (χ1v) is 8.18. The predicted molar refractivity (Wildman–Crippen MR) is 95.8 cm³/mol. The van der Waals surface area contributed by atoms with Gasteiger partial charge < -0.3 is 5.32 Å². The molecular weight excluding hydrogens is 300 g/mol. The van der Waals surface area contributed by atoms with Crippen LogP contribution in [0.25, 0.3) is 0 Å². The highest BCUT2D eigenvalue weighted by Crippen LogP contribution is 2.18. The fourth-order valence-corrected chi connectivity index (χ4v) is 2.74. The number of nitrogens with zero attached hydrogens (tertiary/aromatic N) is 3. The van der Waals surface area contributed by atoms with E-state index in [4.69, 9.17) is 0 Å². The van der Waals surface area contributed by atoms with E-state index in [9.17, 15) is 4.79 Å². The lowest BCUT2D eigenvalue weighted by Gasteiger charge is -2.24. The summed E-state index contributed by atoms with van der Waals surface area (Å²) < 4.78 is 0. The average Bonchev–Trinajstić information content (AvgIpc) is 2.48. The SMILES string of the molecule is Cc1ccc([C@@H](C(=O)NCCc2nc(C)cc(C)n2)N(C)C)cc1. The lowest BCUT2D eigenvalue weighted by molar-refractivity contribution is -0.125. The molecule has 1 N–H and O–H groups in total. The number of hydrogen-bond acceptors (Lipinski definition) is 4. The molecule has 2 aromatic rings. The summed E-state index contributed by atoms with van der Waals surface area (Å²) in [6, 6.07) is 9.72. The lowest BCUT2D eigenvalue weighted by atomic mass is 10.0. The van der Waals surface area contributed by atoms with Crippen LogP contribution in [0.2, 0.25) is 0 Å². The van der Waals surface area contributed by atoms with Crippen LogP contribution < -0.4 is 5.32 Å². The second kappa shape index (κ2) is 8.02. The lowest BCUT2D eigenvalue weighted by Crippen LogP contribution is -2.38. The van der Waals surface area contributed by atoms with Crippen molar-refractivity contribution in [3.05, 3.63) is 58.7 Å². The monoisotopic (exact) mass is 326 g/mol. The fourth-order valence-electron chi connectivity index (χ4n) is 2.74. The summed E-state index contributed by atoms with van der Waals surface area (Å²) >= 11 is 0. The largest absolute Gasteiger partial charge is 0.354 e. The van der Waals surface area contributed by atoms with Crippen LogP contribution in [0.15, 0.2) is 30.3 Å². The minimum atomic E-state index is -0.300. The van der Waals surface area contributed by atoms with Gasteiger partial charge in [-0.2, -0.15) is 0 Å². The quantitative estimate of drug-likeness (QED) is 0.885. The molecule has 0 radical (unpaired) electrons. The molecule has 0 unspecified atom stereocenters. The Morgan fingerprint density at radius 1 is 1.08 bits per heavy atom. The third-order valence-electron chi connectivity index (χ3n) is 3.83. The van der Waals surface area contributed by atoms with Crippen LogP contribution in [0.1, 0.15) is 34.4 Å². The van der Waals surface area contributed by atoms with E-state index in [1.807, 2.05) is 70.1 Å². The van der Waals surface area contributed by atoms with Gasteiger partial charge in [-0.1, -0.05) is 29.8 Å². The van der Waals surface area contributed by atoms with Crippen LogP contribution in [0, 0.1) is 20.8 Å². The summed E-state index contributed by atoms with van der Waals surface area (Å²) in [5, 5.41) is 3.00. The average molecular weight is 326 g/mol. The van der Waals surface area contributed by atoms with Gasteiger partial charge in [0.05, 0.1) is 0 Å². The number of carbonyl (C=O) groups is 1. The van der Waals surface area contributed by atoms with Crippen LogP contribution in [-0.2, 0) is 11.2 Å². The fraction of sp³-hybridized carbons (Fsp3) is 0.421. The van der Waals surface area contributed by atoms with Gasteiger partial charge in [-0.05, 0) is 46.5 Å². The smallest absolute Gasteiger partial charge is 0.241 e. The molecule has 0 aliphatic rings. The molecule has 24 heavy (non-hydrogen) atoms. The molecule has 2 rings (SSSR count). The summed E-state index contributed by atoms with van der Waals surface area (Å²) in [7, 11) is 3.83. The second-order valence-corrected chi connectivity index (χ2v) is 6.38. The summed E-state index contributed by atoms with van der Waals surface area (Å²) in [4.78, 5) is 23.3. The molecule has 1 aromatic heterocycles. The van der Waals surface area contributed by atoms with Gasteiger partial charge in [0, 0.05) is 24.4 Å². The van der Waals surface area contributed by atoms with E-state index in [0.717, 1.165) is 22.8 Å². The summed E-state index contributed by atoms with van der Waals surface area (Å²) in [6.45, 7) is 6.47. The Morgan fingerprint density at radius 2 is 1.67 bits per heavy atom. The topological polar surface area (TPSA) is 58.1 Å². The van der Waals surface area contributed by atoms with E-state index in [-0.39, 0.29) is 11.9 Å². The van der Waals surface area contributed by atoms with Crippen molar-refractivity contribution in [2.45, 2.75) is 33.2 Å². The van der Waals surface area contributed by atoms with Crippen molar-refractivity contribution in [3.8, 4) is 0 Å². The number of aryl methyl sites for hydroxylation is 3. The van der Waals surface area contributed by atoms with Crippen molar-refractivity contribution < 1.29 is 4.79 Å². The van der Waals surface area contributed by atoms with Crippen molar-refractivity contribution in [2.75, 3.05) is 20.6 Å². The van der Waals surface area contributed by atoms with Gasteiger partial charge in [0.15, 0.2) is 0 Å². The molecule has 0 saturated carbocycles. The number of benzene rings is 1. The number of rotatable bonds is 6. The van der Waals surface area contributed by atoms with Crippen LogP contribution in [0.5, 0.6) is 0 Å². The first-order valence-electron chi connectivity index (χ1n) is 8.18. The van der Waals surface area contributed by atoms with Gasteiger partial charge >= 0.3 is 0 Å². The second-order valence-electron chi connectivity index (χ2n) is 6.38. The maximum Gasteiger partial charge on any atom is 0.241 e. The molecule has 0 fully saturated rings. The van der Waals surface area contributed by atoms with Gasteiger partial charge in [-0.15, -0.1) is 0 Å². The first-order chi connectivity index (χ1) is 11.4. The minimum Gasteiger partial charge on any atom is -0.354 e. The molecule has 0 bridgehead atoms. The maximum atomic E-state index is 12.6. The normalized spacial score (nSPS) is 12.2. The molecule has 1 heterocycles. The van der Waals surface area contributed by atoms with Crippen LogP contribution in [0.4, 0.5) is 0 Å². The van der Waals surface area contributed by atoms with Crippen LogP contribution in [0.3, 0.4) is 0 Å². The van der Waals surface area contributed by atoms with E-state index in [1.54, 1.807) is 0 Å². The Kier molecular flexibility index (Phi) is 6.04. The van der Waals surface area contributed by atoms with Gasteiger partial charge in [-0.3, -0.25) is 9.69 Å². The molecule has 0 saturated heterocycles. The molecule has 5 nitrogen and oxygen atoms in total. The Labute approximate surface area is 144 Å². The van der Waals surface area contributed by atoms with Crippen molar-refractivity contribution in [3.63, 3.8) is 0 Å². The van der Waals surface area contributed by atoms with Gasteiger partial charge in [0.2, 0.25) is 5.91 Å². The third-order valence-corrected chi connectivity index (χ3v) is 3.83. The van der Waals surface area contributed by atoms with Crippen molar-refractivity contribution >= 4 is 5.91 Å². The van der Waals surface area contributed by atoms with Gasteiger partial charge in [0.1, 0.15) is 11.9 Å². The van der Waals surface area contributed by atoms with E-state index in [2.05, 4.69) is 15.3 Å². The van der Waals surface area contributed by atoms with Crippen molar-refractivity contribution in [1.82, 2.24) is 20.2 Å². The highest BCUT2D eigenvalue weighted by molar-refractivity contribution is 5.83. The standard InChI is InChI=1S/C19H26N4O/c1-13-6-8-16(9-7-13)18(23(4)5)19(24)20-11-10-17-21-14(2)12-15(3)22-17/h6-9,12,18H,10-11H2,1-5H3,(H,20,24)/t18-/m0/s1. The summed E-state index contributed by atoms with van der Waals surface area (Å²) in [5.74, 6) is 0.762. The van der Waals surface area contributed by atoms with Crippen molar-refractivity contribution in [1.29, 1.82) is 0 Å². The zero-order valence-corrected chi connectivity index (χ0v) is 15.1. The molecule has 0 aliphatic carbocycles. The molecule has 0 spiro atoms. The number of nitrogens with one attached hydrogen (secondary N) is 1. The van der Waals surface area contributed by atoms with Crippen LogP contribution in [-0.4, -0.2) is 41.4 Å². The number of amides is 1. The summed E-state index contributed by atoms with van der Waals surface area (Å²) in [5.41, 5.74) is 4.08. The Balaban J connectivity index is 1.99. The molecule has 128 valence electrons. The van der Waals surface area contributed by atoms with E-state index >= 15 is 0 Å².